The number of hydrogen-bond acceptors (Lipinski definition) is 6. The van der Waals surface area contributed by atoms with Crippen molar-refractivity contribution in [2.75, 3.05) is 20.3 Å². The molecule has 8 nitrogen and oxygen atoms in total. The summed E-state index contributed by atoms with van der Waals surface area (Å²) in [4.78, 5) is 19.8. The van der Waals surface area contributed by atoms with E-state index in [1.54, 1.807) is 47.0 Å². The highest BCUT2D eigenvalue weighted by Crippen LogP contribution is 2.24. The third-order valence-corrected chi connectivity index (χ3v) is 8.33. The van der Waals surface area contributed by atoms with Crippen molar-refractivity contribution in [2.45, 2.75) is 63.7 Å². The van der Waals surface area contributed by atoms with Gasteiger partial charge in [-0.15, -0.1) is 0 Å². The number of ether oxygens (including phenoxy) is 2. The number of benzene rings is 2. The lowest BCUT2D eigenvalue weighted by Crippen LogP contribution is -2.37. The van der Waals surface area contributed by atoms with Crippen LogP contribution in [0, 0.1) is 12.8 Å². The van der Waals surface area contributed by atoms with E-state index in [-0.39, 0.29) is 35.4 Å². The van der Waals surface area contributed by atoms with Crippen LogP contribution in [-0.4, -0.2) is 55.1 Å². The lowest BCUT2D eigenvalue weighted by Gasteiger charge is -2.26. The minimum Gasteiger partial charge on any atom is -0.497 e. The molecule has 1 unspecified atom stereocenters. The van der Waals surface area contributed by atoms with Crippen LogP contribution in [0.1, 0.15) is 53.9 Å². The number of methoxy groups -OCH3 is 1. The van der Waals surface area contributed by atoms with E-state index in [4.69, 9.17) is 9.47 Å². The van der Waals surface area contributed by atoms with Crippen LogP contribution in [-0.2, 0) is 33.4 Å². The quantitative estimate of drug-likeness (QED) is 0.352. The van der Waals surface area contributed by atoms with Crippen LogP contribution >= 0.6 is 0 Å². The van der Waals surface area contributed by atoms with Gasteiger partial charge < -0.3 is 18.9 Å². The molecule has 2 heterocycles. The summed E-state index contributed by atoms with van der Waals surface area (Å²) in [5.74, 6) is 0.577. The highest BCUT2D eigenvalue weighted by Gasteiger charge is 2.28. The number of nitrogens with zero attached hydrogens (tertiary/aromatic N) is 3. The Kier molecular flexibility index (Phi) is 8.89. The van der Waals surface area contributed by atoms with Gasteiger partial charge >= 0.3 is 0 Å². The summed E-state index contributed by atoms with van der Waals surface area (Å²) in [5.41, 5.74) is 2.89. The van der Waals surface area contributed by atoms with Gasteiger partial charge in [0.2, 0.25) is 15.0 Å². The monoisotopic (exact) mass is 539 g/mol. The third-order valence-electron chi connectivity index (χ3n) is 6.76. The zero-order valence-corrected chi connectivity index (χ0v) is 23.4. The molecule has 38 heavy (non-hydrogen) atoms. The first-order valence-corrected chi connectivity index (χ1v) is 14.7. The molecule has 0 aliphatic carbocycles. The van der Waals surface area contributed by atoms with E-state index in [0.29, 0.717) is 36.7 Å². The van der Waals surface area contributed by atoms with Gasteiger partial charge in [-0.05, 0) is 61.1 Å². The Hall–Kier alpha value is -3.17. The van der Waals surface area contributed by atoms with E-state index in [0.717, 1.165) is 24.0 Å². The zero-order chi connectivity index (χ0) is 27.3. The van der Waals surface area contributed by atoms with Crippen molar-refractivity contribution < 1.29 is 22.7 Å². The van der Waals surface area contributed by atoms with E-state index < -0.39 is 9.84 Å². The molecule has 0 radical (unpaired) electrons. The lowest BCUT2D eigenvalue weighted by atomic mass is 10.1. The topological polar surface area (TPSA) is 90.7 Å². The molecule has 3 aromatic rings. The number of amides is 1. The van der Waals surface area contributed by atoms with Crippen molar-refractivity contribution in [3.05, 3.63) is 77.1 Å². The summed E-state index contributed by atoms with van der Waals surface area (Å²) in [6.07, 6.45) is 3.38. The molecule has 1 atom stereocenters. The second-order valence-corrected chi connectivity index (χ2v) is 12.2. The number of sulfone groups is 1. The zero-order valence-electron chi connectivity index (χ0n) is 22.6. The Balaban J connectivity index is 1.66. The number of imidazole rings is 1. The van der Waals surface area contributed by atoms with Crippen LogP contribution in [0.2, 0.25) is 0 Å². The van der Waals surface area contributed by atoms with Crippen molar-refractivity contribution in [2.24, 2.45) is 5.92 Å². The fourth-order valence-electron chi connectivity index (χ4n) is 4.73. The Labute approximate surface area is 225 Å². The van der Waals surface area contributed by atoms with Gasteiger partial charge in [0.15, 0.2) is 0 Å². The van der Waals surface area contributed by atoms with E-state index in [9.17, 15) is 13.2 Å². The third kappa shape index (κ3) is 6.63. The summed E-state index contributed by atoms with van der Waals surface area (Å²) in [6, 6.07) is 14.5. The number of aryl methyl sites for hydroxylation is 1. The van der Waals surface area contributed by atoms with Crippen molar-refractivity contribution >= 4 is 15.7 Å². The molecule has 0 spiro atoms. The summed E-state index contributed by atoms with van der Waals surface area (Å²) >= 11 is 0. The van der Waals surface area contributed by atoms with Gasteiger partial charge in [0.25, 0.3) is 5.91 Å². The highest BCUT2D eigenvalue weighted by molar-refractivity contribution is 7.90. The molecule has 1 aliphatic heterocycles. The van der Waals surface area contributed by atoms with Crippen molar-refractivity contribution in [3.63, 3.8) is 0 Å². The first-order chi connectivity index (χ1) is 18.2. The maximum atomic E-state index is 13.6. The number of carbonyl (C=O) groups excluding carboxylic acids is 1. The van der Waals surface area contributed by atoms with Gasteiger partial charge in [0, 0.05) is 25.3 Å². The second-order valence-electron chi connectivity index (χ2n) is 10.3. The first-order valence-electron chi connectivity index (χ1n) is 13.0. The average molecular weight is 540 g/mol. The maximum absolute atomic E-state index is 13.6. The van der Waals surface area contributed by atoms with E-state index in [2.05, 4.69) is 4.98 Å². The smallest absolute Gasteiger partial charge is 0.254 e. The lowest BCUT2D eigenvalue weighted by molar-refractivity contribution is 0.0501. The molecule has 1 amide bonds. The van der Waals surface area contributed by atoms with E-state index in [1.807, 2.05) is 45.0 Å². The molecular weight excluding hydrogens is 502 g/mol. The van der Waals surface area contributed by atoms with Gasteiger partial charge in [-0.3, -0.25) is 4.79 Å². The van der Waals surface area contributed by atoms with Gasteiger partial charge in [0.05, 0.1) is 37.4 Å². The molecule has 0 bridgehead atoms. The van der Waals surface area contributed by atoms with Crippen LogP contribution in [0.4, 0.5) is 0 Å². The first kappa shape index (κ1) is 27.9. The molecule has 9 heteroatoms. The largest absolute Gasteiger partial charge is 0.497 e. The van der Waals surface area contributed by atoms with E-state index in [1.165, 1.54) is 0 Å². The minimum atomic E-state index is -3.72. The molecule has 1 aliphatic rings. The second kappa shape index (κ2) is 12.1. The molecule has 2 aromatic carbocycles. The highest BCUT2D eigenvalue weighted by atomic mass is 32.2. The molecule has 1 saturated heterocycles. The fourth-order valence-corrected chi connectivity index (χ4v) is 6.34. The van der Waals surface area contributed by atoms with Gasteiger partial charge in [0.1, 0.15) is 5.75 Å². The predicted octanol–water partition coefficient (Wildman–Crippen LogP) is 4.65. The summed E-state index contributed by atoms with van der Waals surface area (Å²) in [7, 11) is -2.14. The molecule has 1 aromatic heterocycles. The average Bonchev–Trinajstić information content (AvgIpc) is 3.55. The fraction of sp³-hybridized carbons (Fsp3) is 0.448. The molecule has 0 N–H and O–H groups in total. The Bertz CT molecular complexity index is 1340. The number of aromatic nitrogens is 2. The Morgan fingerprint density at radius 1 is 1.18 bits per heavy atom. The molecule has 1 fully saturated rings. The van der Waals surface area contributed by atoms with Gasteiger partial charge in [-0.25, -0.2) is 13.4 Å². The van der Waals surface area contributed by atoms with Crippen molar-refractivity contribution in [1.29, 1.82) is 0 Å². The molecule has 204 valence electrons. The SMILES string of the molecule is COc1ccc(C(=O)N(Cc2cnc(S(=O)(=O)Cc3ccccc3C)n2CC(C)C)CC2CCCO2)cc1. The van der Waals surface area contributed by atoms with Crippen LogP contribution in [0.15, 0.2) is 59.9 Å². The summed E-state index contributed by atoms with van der Waals surface area (Å²) in [5, 5.41) is 0.0402. The van der Waals surface area contributed by atoms with Crippen molar-refractivity contribution in [1.82, 2.24) is 14.5 Å². The van der Waals surface area contributed by atoms with Crippen LogP contribution < -0.4 is 4.74 Å². The number of hydrogen-bond donors (Lipinski definition) is 0. The molecule has 0 saturated carbocycles. The number of carbonyl (C=O) groups is 1. The van der Waals surface area contributed by atoms with Crippen molar-refractivity contribution in [3.8, 4) is 5.75 Å². The van der Waals surface area contributed by atoms with E-state index >= 15 is 0 Å². The normalized spacial score (nSPS) is 15.7. The maximum Gasteiger partial charge on any atom is 0.254 e. The van der Waals surface area contributed by atoms with Crippen LogP contribution in [0.5, 0.6) is 5.75 Å². The molecular formula is C29H37N3O5S. The summed E-state index contributed by atoms with van der Waals surface area (Å²) < 4.78 is 40.0. The van der Waals surface area contributed by atoms with Gasteiger partial charge in [-0.2, -0.15) is 0 Å². The summed E-state index contributed by atoms with van der Waals surface area (Å²) in [6.45, 7) is 7.78. The van der Waals surface area contributed by atoms with Gasteiger partial charge in [-0.1, -0.05) is 38.1 Å². The molecule has 4 rings (SSSR count). The Morgan fingerprint density at radius 2 is 1.92 bits per heavy atom. The number of rotatable bonds is 11. The van der Waals surface area contributed by atoms with Crippen LogP contribution in [0.25, 0.3) is 0 Å². The van der Waals surface area contributed by atoms with Crippen LogP contribution in [0.3, 0.4) is 0 Å². The predicted molar refractivity (Wildman–Crippen MR) is 146 cm³/mol. The standard InChI is InChI=1S/C29H37N3O5S/c1-21(2)17-32-25(16-30-29(32)38(34,35)20-24-9-6-5-8-22(24)3)18-31(19-27-10-7-15-37-27)28(33)23-11-13-26(36-4)14-12-23/h5-6,8-9,11-14,16,21,27H,7,10,15,17-20H2,1-4H3. The Morgan fingerprint density at radius 3 is 2.55 bits per heavy atom. The minimum absolute atomic E-state index is 0.0402.